The third kappa shape index (κ3) is 3.98. The predicted molar refractivity (Wildman–Crippen MR) is 65.1 cm³/mol. The van der Waals surface area contributed by atoms with Gasteiger partial charge in [0.15, 0.2) is 0 Å². The largest absolute Gasteiger partial charge is 0.481 e. The Balaban J connectivity index is 2.72. The molecule has 1 N–H and O–H groups in total. The average Bonchev–Trinajstić information content (AvgIpc) is 2.59. The van der Waals surface area contributed by atoms with E-state index in [9.17, 15) is 9.59 Å². The third-order valence-electron chi connectivity index (χ3n) is 3.09. The van der Waals surface area contributed by atoms with Crippen LogP contribution in [0.3, 0.4) is 0 Å². The lowest BCUT2D eigenvalue weighted by Gasteiger charge is -2.23. The minimum absolute atomic E-state index is 0.119. The molecule has 0 amide bonds. The highest BCUT2D eigenvalue weighted by atomic mass is 16.6. The summed E-state index contributed by atoms with van der Waals surface area (Å²) in [5, 5.41) is 9.17. The van der Waals surface area contributed by atoms with E-state index < -0.39 is 29.4 Å². The maximum absolute atomic E-state index is 12.0. The number of aliphatic carboxylic acids is 1. The van der Waals surface area contributed by atoms with E-state index in [1.54, 1.807) is 27.9 Å². The molecule has 18 heavy (non-hydrogen) atoms. The standard InChI is InChI=1S/C13H22O5/c1-13(2,3)18-12(16)10-6-8(7-17-4)5-9(10)11(14)15/h8-10H,5-7H2,1-4H3,(H,14,15)/t8-,9+,10?/m0/s1. The Morgan fingerprint density at radius 3 is 2.22 bits per heavy atom. The Hall–Kier alpha value is -1.10. The molecule has 3 atom stereocenters. The summed E-state index contributed by atoms with van der Waals surface area (Å²) in [6, 6.07) is 0. The topological polar surface area (TPSA) is 72.8 Å². The zero-order valence-electron chi connectivity index (χ0n) is 11.4. The Labute approximate surface area is 107 Å². The summed E-state index contributed by atoms with van der Waals surface area (Å²) >= 11 is 0. The summed E-state index contributed by atoms with van der Waals surface area (Å²) in [6.07, 6.45) is 1.01. The molecule has 0 aromatic heterocycles. The molecule has 104 valence electrons. The molecule has 0 radical (unpaired) electrons. The van der Waals surface area contributed by atoms with Crippen LogP contribution in [0.2, 0.25) is 0 Å². The van der Waals surface area contributed by atoms with Crippen LogP contribution in [0.15, 0.2) is 0 Å². The summed E-state index contributed by atoms with van der Waals surface area (Å²) in [5.41, 5.74) is -0.584. The lowest BCUT2D eigenvalue weighted by Crippen LogP contribution is -2.32. The smallest absolute Gasteiger partial charge is 0.310 e. The van der Waals surface area contributed by atoms with Crippen LogP contribution in [-0.2, 0) is 19.1 Å². The second kappa shape index (κ2) is 5.69. The van der Waals surface area contributed by atoms with Gasteiger partial charge in [0.05, 0.1) is 11.8 Å². The molecule has 1 aliphatic carbocycles. The monoisotopic (exact) mass is 258 g/mol. The quantitative estimate of drug-likeness (QED) is 0.777. The first-order valence-electron chi connectivity index (χ1n) is 6.19. The van der Waals surface area contributed by atoms with Crippen molar-refractivity contribution in [3.63, 3.8) is 0 Å². The molecule has 1 unspecified atom stereocenters. The first kappa shape index (κ1) is 15.0. The lowest BCUT2D eigenvalue weighted by molar-refractivity contribution is -0.165. The van der Waals surface area contributed by atoms with Crippen LogP contribution < -0.4 is 0 Å². The number of carbonyl (C=O) groups excluding carboxylic acids is 1. The van der Waals surface area contributed by atoms with E-state index >= 15 is 0 Å². The van der Waals surface area contributed by atoms with Crippen molar-refractivity contribution in [1.82, 2.24) is 0 Å². The highest BCUT2D eigenvalue weighted by molar-refractivity contribution is 5.82. The molecule has 0 aromatic carbocycles. The van der Waals surface area contributed by atoms with E-state index in [1.807, 2.05) is 0 Å². The fraction of sp³-hybridized carbons (Fsp3) is 0.846. The van der Waals surface area contributed by atoms with Crippen molar-refractivity contribution >= 4 is 11.9 Å². The van der Waals surface area contributed by atoms with Gasteiger partial charge in [0.25, 0.3) is 0 Å². The van der Waals surface area contributed by atoms with Crippen LogP contribution in [-0.4, -0.2) is 36.4 Å². The van der Waals surface area contributed by atoms with Crippen molar-refractivity contribution < 1.29 is 24.2 Å². The van der Waals surface area contributed by atoms with E-state index in [0.29, 0.717) is 19.4 Å². The summed E-state index contributed by atoms with van der Waals surface area (Å²) in [7, 11) is 1.58. The van der Waals surface area contributed by atoms with Crippen LogP contribution in [0.25, 0.3) is 0 Å². The van der Waals surface area contributed by atoms with Crippen LogP contribution in [0, 0.1) is 17.8 Å². The zero-order valence-corrected chi connectivity index (χ0v) is 11.4. The SMILES string of the molecule is COC[C@@H]1CC(C(=O)OC(C)(C)C)[C@H](C(=O)O)C1. The van der Waals surface area contributed by atoms with Crippen LogP contribution in [0.1, 0.15) is 33.6 Å². The number of hydrogen-bond acceptors (Lipinski definition) is 4. The summed E-state index contributed by atoms with van der Waals surface area (Å²) in [4.78, 5) is 23.2. The van der Waals surface area contributed by atoms with E-state index in [2.05, 4.69) is 0 Å². The number of carboxylic acid groups (broad SMARTS) is 1. The zero-order chi connectivity index (χ0) is 13.9. The first-order valence-corrected chi connectivity index (χ1v) is 6.19. The molecule has 0 heterocycles. The van der Waals surface area contributed by atoms with Gasteiger partial charge in [-0.05, 0) is 39.5 Å². The summed E-state index contributed by atoms with van der Waals surface area (Å²) in [6.45, 7) is 5.83. The molecule has 0 spiro atoms. The lowest BCUT2D eigenvalue weighted by atomic mass is 9.96. The number of carbonyl (C=O) groups is 2. The van der Waals surface area contributed by atoms with Crippen LogP contribution >= 0.6 is 0 Å². The van der Waals surface area contributed by atoms with Gasteiger partial charge in [0, 0.05) is 13.7 Å². The normalized spacial score (nSPS) is 28.1. The Kier molecular flexibility index (Phi) is 4.73. The van der Waals surface area contributed by atoms with Crippen molar-refractivity contribution in [2.24, 2.45) is 17.8 Å². The van der Waals surface area contributed by atoms with E-state index in [4.69, 9.17) is 14.6 Å². The van der Waals surface area contributed by atoms with E-state index in [-0.39, 0.29) is 5.92 Å². The highest BCUT2D eigenvalue weighted by Gasteiger charge is 2.44. The third-order valence-corrected chi connectivity index (χ3v) is 3.09. The molecule has 5 heteroatoms. The van der Waals surface area contributed by atoms with Gasteiger partial charge in [-0.25, -0.2) is 0 Å². The van der Waals surface area contributed by atoms with E-state index in [0.717, 1.165) is 0 Å². The van der Waals surface area contributed by atoms with Gasteiger partial charge in [0.2, 0.25) is 0 Å². The maximum Gasteiger partial charge on any atom is 0.310 e. The number of methoxy groups -OCH3 is 1. The highest BCUT2D eigenvalue weighted by Crippen LogP contribution is 2.38. The molecule has 1 fully saturated rings. The second-order valence-electron chi connectivity index (χ2n) is 5.88. The van der Waals surface area contributed by atoms with Gasteiger partial charge in [0.1, 0.15) is 5.60 Å². The Bertz CT molecular complexity index is 318. The molecular weight excluding hydrogens is 236 g/mol. The summed E-state index contributed by atoms with van der Waals surface area (Å²) in [5.74, 6) is -2.42. The van der Waals surface area contributed by atoms with Gasteiger partial charge in [-0.1, -0.05) is 0 Å². The summed E-state index contributed by atoms with van der Waals surface area (Å²) < 4.78 is 10.3. The van der Waals surface area contributed by atoms with Gasteiger partial charge < -0.3 is 14.6 Å². The molecular formula is C13H22O5. The van der Waals surface area contributed by atoms with Gasteiger partial charge in [-0.3, -0.25) is 9.59 Å². The first-order chi connectivity index (χ1) is 8.24. The van der Waals surface area contributed by atoms with Gasteiger partial charge in [-0.15, -0.1) is 0 Å². The average molecular weight is 258 g/mol. The second-order valence-corrected chi connectivity index (χ2v) is 5.88. The number of rotatable bonds is 4. The molecule has 0 saturated heterocycles. The van der Waals surface area contributed by atoms with Crippen LogP contribution in [0.5, 0.6) is 0 Å². The van der Waals surface area contributed by atoms with Crippen molar-refractivity contribution in [2.45, 2.75) is 39.2 Å². The van der Waals surface area contributed by atoms with Crippen molar-refractivity contribution in [2.75, 3.05) is 13.7 Å². The fourth-order valence-corrected chi connectivity index (χ4v) is 2.43. The number of carboxylic acids is 1. The minimum atomic E-state index is -0.926. The number of esters is 1. The minimum Gasteiger partial charge on any atom is -0.481 e. The van der Waals surface area contributed by atoms with Crippen molar-refractivity contribution in [1.29, 1.82) is 0 Å². The van der Waals surface area contributed by atoms with Crippen LogP contribution in [0.4, 0.5) is 0 Å². The van der Waals surface area contributed by atoms with Crippen molar-refractivity contribution in [3.8, 4) is 0 Å². The molecule has 1 aliphatic rings. The van der Waals surface area contributed by atoms with Gasteiger partial charge in [-0.2, -0.15) is 0 Å². The molecule has 0 bridgehead atoms. The Morgan fingerprint density at radius 2 is 1.78 bits per heavy atom. The molecule has 1 saturated carbocycles. The number of ether oxygens (including phenoxy) is 2. The molecule has 0 aliphatic heterocycles. The number of hydrogen-bond donors (Lipinski definition) is 1. The maximum atomic E-state index is 12.0. The molecule has 1 rings (SSSR count). The fourth-order valence-electron chi connectivity index (χ4n) is 2.43. The van der Waals surface area contributed by atoms with Crippen molar-refractivity contribution in [3.05, 3.63) is 0 Å². The van der Waals surface area contributed by atoms with E-state index in [1.165, 1.54) is 0 Å². The van der Waals surface area contributed by atoms with Gasteiger partial charge >= 0.3 is 11.9 Å². The predicted octanol–water partition coefficient (Wildman–Crippen LogP) is 1.70. The molecule has 5 nitrogen and oxygen atoms in total. The molecule has 0 aromatic rings. The Morgan fingerprint density at radius 1 is 1.22 bits per heavy atom.